The summed E-state index contributed by atoms with van der Waals surface area (Å²) in [4.78, 5) is 37.1. The van der Waals surface area contributed by atoms with Crippen LogP contribution in [0, 0.1) is 5.41 Å². The van der Waals surface area contributed by atoms with Crippen molar-refractivity contribution in [2.45, 2.75) is 19.8 Å². The number of nitrogens with zero attached hydrogens (tertiary/aromatic N) is 4. The third kappa shape index (κ3) is 3.96. The summed E-state index contributed by atoms with van der Waals surface area (Å²) in [5, 5.41) is 10.0. The zero-order valence-corrected chi connectivity index (χ0v) is 20.2. The molecule has 0 saturated carbocycles. The lowest BCUT2D eigenvalue weighted by Crippen LogP contribution is -2.34. The lowest BCUT2D eigenvalue weighted by Gasteiger charge is -2.35. The lowest BCUT2D eigenvalue weighted by molar-refractivity contribution is -0.147. The number of rotatable bonds is 5. The van der Waals surface area contributed by atoms with Crippen molar-refractivity contribution < 1.29 is 19.4 Å². The molecular formula is C26H28N4O4. The highest BCUT2D eigenvalue weighted by Crippen LogP contribution is 2.51. The molecule has 1 atom stereocenters. The standard InChI is InChI=1S/C26H28N4O4/c1-26(2,25(32)33)21-17-11-13-19(15-7-9-16(10-8-15)24(31)30(5)6)27-22(17)34-23-18(21)12-14-20(28-23)29(3)4/h7-14,21H,1-6H3,(H,32,33). The van der Waals surface area contributed by atoms with E-state index in [-0.39, 0.29) is 5.91 Å². The van der Waals surface area contributed by atoms with Crippen molar-refractivity contribution in [1.29, 1.82) is 0 Å². The molecule has 1 aliphatic rings. The first-order valence-electron chi connectivity index (χ1n) is 10.9. The van der Waals surface area contributed by atoms with Gasteiger partial charge in [-0.3, -0.25) is 9.59 Å². The Bertz CT molecular complexity index is 1270. The van der Waals surface area contributed by atoms with E-state index in [9.17, 15) is 14.7 Å². The van der Waals surface area contributed by atoms with Crippen LogP contribution in [0.1, 0.15) is 41.3 Å². The highest BCUT2D eigenvalue weighted by Gasteiger charge is 2.44. The number of benzene rings is 1. The lowest BCUT2D eigenvalue weighted by atomic mass is 9.71. The van der Waals surface area contributed by atoms with Gasteiger partial charge >= 0.3 is 5.97 Å². The Balaban J connectivity index is 1.80. The largest absolute Gasteiger partial charge is 0.481 e. The monoisotopic (exact) mass is 460 g/mol. The number of fused-ring (bicyclic) bond motifs is 2. The zero-order chi connectivity index (χ0) is 24.8. The number of carbonyl (C=O) groups excluding carboxylic acids is 1. The van der Waals surface area contributed by atoms with Crippen LogP contribution < -0.4 is 9.64 Å². The number of aliphatic carboxylic acids is 1. The summed E-state index contributed by atoms with van der Waals surface area (Å²) in [6, 6.07) is 14.6. The molecule has 0 aliphatic carbocycles. The summed E-state index contributed by atoms with van der Waals surface area (Å²) in [6.07, 6.45) is 0. The van der Waals surface area contributed by atoms with Gasteiger partial charge in [0.25, 0.3) is 5.91 Å². The van der Waals surface area contributed by atoms with Crippen LogP contribution in [0.4, 0.5) is 5.82 Å². The van der Waals surface area contributed by atoms with Gasteiger partial charge in [0.15, 0.2) is 0 Å². The first-order valence-corrected chi connectivity index (χ1v) is 10.9. The minimum absolute atomic E-state index is 0.0774. The summed E-state index contributed by atoms with van der Waals surface area (Å²) in [7, 11) is 7.18. The molecule has 8 nitrogen and oxygen atoms in total. The molecule has 1 N–H and O–H groups in total. The van der Waals surface area contributed by atoms with Crippen molar-refractivity contribution in [1.82, 2.24) is 14.9 Å². The van der Waals surface area contributed by atoms with Gasteiger partial charge in [-0.15, -0.1) is 0 Å². The molecule has 2 aromatic heterocycles. The van der Waals surface area contributed by atoms with Crippen LogP contribution in [-0.2, 0) is 4.79 Å². The second kappa shape index (κ2) is 8.44. The maximum atomic E-state index is 12.2. The number of aromatic nitrogens is 2. The third-order valence-electron chi connectivity index (χ3n) is 6.14. The normalized spacial score (nSPS) is 14.5. The van der Waals surface area contributed by atoms with Crippen molar-refractivity contribution in [2.75, 3.05) is 33.1 Å². The average Bonchev–Trinajstić information content (AvgIpc) is 2.81. The van der Waals surface area contributed by atoms with E-state index in [4.69, 9.17) is 9.72 Å². The van der Waals surface area contributed by atoms with Crippen molar-refractivity contribution in [2.24, 2.45) is 5.41 Å². The fourth-order valence-corrected chi connectivity index (χ4v) is 4.11. The van der Waals surface area contributed by atoms with E-state index >= 15 is 0 Å². The topological polar surface area (TPSA) is 95.9 Å². The van der Waals surface area contributed by atoms with Crippen molar-refractivity contribution >= 4 is 17.7 Å². The van der Waals surface area contributed by atoms with E-state index < -0.39 is 17.3 Å². The van der Waals surface area contributed by atoms with Gasteiger partial charge in [-0.05, 0) is 44.2 Å². The maximum Gasteiger partial charge on any atom is 0.310 e. The maximum absolute atomic E-state index is 12.2. The Morgan fingerprint density at radius 1 is 0.882 bits per heavy atom. The number of hydrogen-bond donors (Lipinski definition) is 1. The molecule has 3 heterocycles. The molecule has 0 spiro atoms. The van der Waals surface area contributed by atoms with Crippen molar-refractivity contribution in [3.05, 3.63) is 65.2 Å². The fraction of sp³-hybridized carbons (Fsp3) is 0.308. The van der Waals surface area contributed by atoms with Crippen LogP contribution in [0.25, 0.3) is 11.3 Å². The summed E-state index contributed by atoms with van der Waals surface area (Å²) in [6.45, 7) is 3.40. The molecule has 8 heteroatoms. The average molecular weight is 461 g/mol. The molecule has 4 rings (SSSR count). The van der Waals surface area contributed by atoms with E-state index in [1.165, 1.54) is 4.90 Å². The number of ether oxygens (including phenoxy) is 1. The molecule has 1 amide bonds. The molecule has 0 saturated heterocycles. The van der Waals surface area contributed by atoms with E-state index in [0.29, 0.717) is 40.0 Å². The van der Waals surface area contributed by atoms with Gasteiger partial charge in [0, 0.05) is 56.4 Å². The predicted molar refractivity (Wildman–Crippen MR) is 130 cm³/mol. The van der Waals surface area contributed by atoms with E-state index in [1.54, 1.807) is 40.1 Å². The first-order chi connectivity index (χ1) is 16.0. The third-order valence-corrected chi connectivity index (χ3v) is 6.14. The van der Waals surface area contributed by atoms with Gasteiger partial charge in [-0.25, -0.2) is 4.98 Å². The van der Waals surface area contributed by atoms with Crippen LogP contribution >= 0.6 is 0 Å². The van der Waals surface area contributed by atoms with Gasteiger partial charge in [0.05, 0.1) is 11.1 Å². The first kappa shape index (κ1) is 23.2. The molecule has 1 aromatic carbocycles. The summed E-state index contributed by atoms with van der Waals surface area (Å²) in [5.74, 6) is -0.0964. The van der Waals surface area contributed by atoms with Crippen LogP contribution in [0.3, 0.4) is 0 Å². The van der Waals surface area contributed by atoms with Gasteiger partial charge in [-0.1, -0.05) is 18.2 Å². The molecular weight excluding hydrogens is 432 g/mol. The number of carboxylic acids is 1. The SMILES string of the molecule is CN(C)C(=O)c1ccc(-c2ccc3c(n2)Oc2nc(N(C)C)ccc2C3C(C)(C)C(=O)O)cc1. The number of pyridine rings is 2. The van der Waals surface area contributed by atoms with E-state index in [0.717, 1.165) is 5.56 Å². The second-order valence-corrected chi connectivity index (χ2v) is 9.39. The number of carboxylic acid groups (broad SMARTS) is 1. The van der Waals surface area contributed by atoms with Crippen LogP contribution in [0.2, 0.25) is 0 Å². The van der Waals surface area contributed by atoms with Gasteiger partial charge in [-0.2, -0.15) is 4.98 Å². The van der Waals surface area contributed by atoms with E-state index in [1.807, 2.05) is 55.4 Å². The van der Waals surface area contributed by atoms with E-state index in [2.05, 4.69) is 4.98 Å². The number of hydrogen-bond acceptors (Lipinski definition) is 6. The summed E-state index contributed by atoms with van der Waals surface area (Å²) < 4.78 is 6.13. The Labute approximate surface area is 198 Å². The molecule has 1 aliphatic heterocycles. The highest BCUT2D eigenvalue weighted by atomic mass is 16.5. The molecule has 1 unspecified atom stereocenters. The van der Waals surface area contributed by atoms with Gasteiger partial charge in [0.1, 0.15) is 5.82 Å². The molecule has 176 valence electrons. The van der Waals surface area contributed by atoms with Crippen LogP contribution in [0.5, 0.6) is 11.8 Å². The Hall–Kier alpha value is -3.94. The molecule has 0 bridgehead atoms. The Morgan fingerprint density at radius 2 is 1.47 bits per heavy atom. The van der Waals surface area contributed by atoms with Gasteiger partial charge < -0.3 is 19.6 Å². The predicted octanol–water partition coefficient (Wildman–Crippen LogP) is 4.26. The molecule has 0 radical (unpaired) electrons. The smallest absolute Gasteiger partial charge is 0.310 e. The Morgan fingerprint density at radius 3 is 2.03 bits per heavy atom. The van der Waals surface area contributed by atoms with Gasteiger partial charge in [0.2, 0.25) is 11.8 Å². The minimum atomic E-state index is -1.12. The molecule has 3 aromatic rings. The zero-order valence-electron chi connectivity index (χ0n) is 20.2. The minimum Gasteiger partial charge on any atom is -0.481 e. The van der Waals surface area contributed by atoms with Crippen molar-refractivity contribution in [3.63, 3.8) is 0 Å². The van der Waals surface area contributed by atoms with Crippen LogP contribution in [0.15, 0.2) is 48.5 Å². The highest BCUT2D eigenvalue weighted by molar-refractivity contribution is 5.94. The summed E-state index contributed by atoms with van der Waals surface area (Å²) >= 11 is 0. The number of amides is 1. The quantitative estimate of drug-likeness (QED) is 0.608. The molecule has 34 heavy (non-hydrogen) atoms. The number of anilines is 1. The van der Waals surface area contributed by atoms with Crippen molar-refractivity contribution in [3.8, 4) is 23.0 Å². The summed E-state index contributed by atoms with van der Waals surface area (Å²) in [5.41, 5.74) is 2.35. The molecule has 0 fully saturated rings. The Kier molecular flexibility index (Phi) is 5.77. The fourth-order valence-electron chi connectivity index (χ4n) is 4.11. The second-order valence-electron chi connectivity index (χ2n) is 9.39. The number of carbonyl (C=O) groups is 2. The van der Waals surface area contributed by atoms with Crippen LogP contribution in [-0.4, -0.2) is 60.0 Å².